The van der Waals surface area contributed by atoms with Crippen LogP contribution in [0.4, 0.5) is 0 Å². The third kappa shape index (κ3) is 3.58. The Labute approximate surface area is 103 Å². The number of thiophene rings is 1. The number of aryl methyl sites for hydroxylation is 1. The molecule has 92 valence electrons. The van der Waals surface area contributed by atoms with Crippen LogP contribution in [0.15, 0.2) is 12.1 Å². The SMILES string of the molecule is CCc1ccc(CC(NN)C(CC)CC)s1. The first-order chi connectivity index (χ1) is 7.74. The molecule has 0 bridgehead atoms. The Hall–Kier alpha value is -0.380. The van der Waals surface area contributed by atoms with Gasteiger partial charge in [0.15, 0.2) is 0 Å². The van der Waals surface area contributed by atoms with Crippen LogP contribution in [0.25, 0.3) is 0 Å². The number of nitrogens with one attached hydrogen (secondary N) is 1. The zero-order valence-corrected chi connectivity index (χ0v) is 11.4. The molecule has 1 aromatic heterocycles. The average Bonchev–Trinajstić information content (AvgIpc) is 2.77. The lowest BCUT2D eigenvalue weighted by Gasteiger charge is -2.23. The van der Waals surface area contributed by atoms with Gasteiger partial charge in [-0.1, -0.05) is 33.6 Å². The third-order valence-corrected chi connectivity index (χ3v) is 4.57. The predicted molar refractivity (Wildman–Crippen MR) is 72.6 cm³/mol. The topological polar surface area (TPSA) is 38.0 Å². The third-order valence-electron chi connectivity index (χ3n) is 3.32. The van der Waals surface area contributed by atoms with Gasteiger partial charge in [0.05, 0.1) is 0 Å². The van der Waals surface area contributed by atoms with Gasteiger partial charge in [0.2, 0.25) is 0 Å². The molecular weight excluding hydrogens is 216 g/mol. The summed E-state index contributed by atoms with van der Waals surface area (Å²) < 4.78 is 0. The van der Waals surface area contributed by atoms with E-state index in [0.717, 1.165) is 12.8 Å². The predicted octanol–water partition coefficient (Wildman–Crippen LogP) is 3.12. The normalized spacial score (nSPS) is 13.3. The van der Waals surface area contributed by atoms with Crippen molar-refractivity contribution >= 4 is 11.3 Å². The van der Waals surface area contributed by atoms with E-state index in [4.69, 9.17) is 5.84 Å². The Bertz CT molecular complexity index is 292. The fourth-order valence-corrected chi connectivity index (χ4v) is 3.17. The summed E-state index contributed by atoms with van der Waals surface area (Å²) in [5.41, 5.74) is 2.99. The van der Waals surface area contributed by atoms with E-state index in [-0.39, 0.29) is 0 Å². The lowest BCUT2D eigenvalue weighted by atomic mass is 9.92. The van der Waals surface area contributed by atoms with E-state index >= 15 is 0 Å². The molecule has 16 heavy (non-hydrogen) atoms. The van der Waals surface area contributed by atoms with Gasteiger partial charge in [-0.25, -0.2) is 0 Å². The van der Waals surface area contributed by atoms with Crippen molar-refractivity contribution in [1.82, 2.24) is 5.43 Å². The molecule has 1 unspecified atom stereocenters. The first kappa shape index (κ1) is 13.7. The molecule has 0 radical (unpaired) electrons. The minimum absolute atomic E-state index is 0.415. The Kier molecular flexibility index (Phi) is 6.03. The van der Waals surface area contributed by atoms with E-state index in [2.05, 4.69) is 38.3 Å². The molecule has 0 amide bonds. The molecule has 1 aromatic rings. The van der Waals surface area contributed by atoms with E-state index in [1.165, 1.54) is 22.6 Å². The highest BCUT2D eigenvalue weighted by atomic mass is 32.1. The summed E-state index contributed by atoms with van der Waals surface area (Å²) in [5, 5.41) is 0. The molecule has 0 spiro atoms. The monoisotopic (exact) mass is 240 g/mol. The van der Waals surface area contributed by atoms with Crippen molar-refractivity contribution in [2.75, 3.05) is 0 Å². The van der Waals surface area contributed by atoms with E-state index < -0.39 is 0 Å². The minimum Gasteiger partial charge on any atom is -0.271 e. The van der Waals surface area contributed by atoms with Gasteiger partial charge in [-0.05, 0) is 30.9 Å². The van der Waals surface area contributed by atoms with Gasteiger partial charge in [0.25, 0.3) is 0 Å². The largest absolute Gasteiger partial charge is 0.271 e. The second-order valence-corrected chi connectivity index (χ2v) is 5.53. The van der Waals surface area contributed by atoms with Crippen molar-refractivity contribution in [2.45, 2.75) is 52.5 Å². The summed E-state index contributed by atoms with van der Waals surface area (Å²) >= 11 is 1.92. The Morgan fingerprint density at radius 1 is 1.19 bits per heavy atom. The van der Waals surface area contributed by atoms with Crippen LogP contribution in [0.5, 0.6) is 0 Å². The van der Waals surface area contributed by atoms with Crippen molar-refractivity contribution in [3.8, 4) is 0 Å². The van der Waals surface area contributed by atoms with Gasteiger partial charge in [-0.15, -0.1) is 11.3 Å². The smallest absolute Gasteiger partial charge is 0.0286 e. The van der Waals surface area contributed by atoms with Crippen molar-refractivity contribution in [1.29, 1.82) is 0 Å². The molecule has 0 saturated heterocycles. The standard InChI is InChI=1S/C13H24N2S/c1-4-10(5-2)13(15-14)9-12-8-7-11(6-3)16-12/h7-8,10,13,15H,4-6,9,14H2,1-3H3. The van der Waals surface area contributed by atoms with E-state index in [9.17, 15) is 0 Å². The van der Waals surface area contributed by atoms with Gasteiger partial charge in [0, 0.05) is 15.8 Å². The number of hydrazine groups is 1. The van der Waals surface area contributed by atoms with E-state index in [1.54, 1.807) is 0 Å². The number of hydrogen-bond acceptors (Lipinski definition) is 3. The molecular formula is C13H24N2S. The Morgan fingerprint density at radius 2 is 1.81 bits per heavy atom. The highest BCUT2D eigenvalue weighted by molar-refractivity contribution is 7.11. The van der Waals surface area contributed by atoms with Crippen LogP contribution in [0.2, 0.25) is 0 Å². The van der Waals surface area contributed by atoms with E-state index in [1.807, 2.05) is 11.3 Å². The average molecular weight is 240 g/mol. The van der Waals surface area contributed by atoms with Crippen LogP contribution in [-0.4, -0.2) is 6.04 Å². The van der Waals surface area contributed by atoms with Crippen LogP contribution in [0, 0.1) is 5.92 Å². The van der Waals surface area contributed by atoms with Gasteiger partial charge >= 0.3 is 0 Å². The number of nitrogens with two attached hydrogens (primary N) is 1. The molecule has 3 N–H and O–H groups in total. The zero-order chi connectivity index (χ0) is 12.0. The summed E-state index contributed by atoms with van der Waals surface area (Å²) in [5.74, 6) is 6.34. The van der Waals surface area contributed by atoms with Crippen LogP contribution in [-0.2, 0) is 12.8 Å². The summed E-state index contributed by atoms with van der Waals surface area (Å²) in [6.07, 6.45) is 4.58. The van der Waals surface area contributed by atoms with Crippen LogP contribution < -0.4 is 11.3 Å². The van der Waals surface area contributed by atoms with Gasteiger partial charge in [-0.3, -0.25) is 11.3 Å². The molecule has 0 aliphatic rings. The fourth-order valence-electron chi connectivity index (χ4n) is 2.16. The Balaban J connectivity index is 2.61. The highest BCUT2D eigenvalue weighted by Crippen LogP contribution is 2.22. The van der Waals surface area contributed by atoms with Crippen LogP contribution in [0.1, 0.15) is 43.4 Å². The second-order valence-electron chi connectivity index (χ2n) is 4.28. The molecule has 0 saturated carbocycles. The van der Waals surface area contributed by atoms with Gasteiger partial charge in [-0.2, -0.15) is 0 Å². The maximum absolute atomic E-state index is 5.67. The summed E-state index contributed by atoms with van der Waals surface area (Å²) in [6.45, 7) is 6.68. The number of hydrogen-bond donors (Lipinski definition) is 2. The summed E-state index contributed by atoms with van der Waals surface area (Å²) in [6, 6.07) is 4.90. The summed E-state index contributed by atoms with van der Waals surface area (Å²) in [4.78, 5) is 2.92. The molecule has 2 nitrogen and oxygen atoms in total. The van der Waals surface area contributed by atoms with Crippen molar-refractivity contribution in [2.24, 2.45) is 11.8 Å². The van der Waals surface area contributed by atoms with Crippen LogP contribution in [0.3, 0.4) is 0 Å². The summed E-state index contributed by atoms with van der Waals surface area (Å²) in [7, 11) is 0. The first-order valence-corrected chi connectivity index (χ1v) is 7.10. The highest BCUT2D eigenvalue weighted by Gasteiger charge is 2.18. The van der Waals surface area contributed by atoms with E-state index in [0.29, 0.717) is 12.0 Å². The molecule has 0 fully saturated rings. The van der Waals surface area contributed by atoms with Crippen molar-refractivity contribution in [3.63, 3.8) is 0 Å². The molecule has 1 heterocycles. The lowest BCUT2D eigenvalue weighted by Crippen LogP contribution is -2.42. The van der Waals surface area contributed by atoms with Crippen molar-refractivity contribution < 1.29 is 0 Å². The van der Waals surface area contributed by atoms with Crippen LogP contribution >= 0.6 is 11.3 Å². The maximum atomic E-state index is 5.67. The molecule has 1 atom stereocenters. The maximum Gasteiger partial charge on any atom is 0.0286 e. The Morgan fingerprint density at radius 3 is 2.25 bits per heavy atom. The zero-order valence-electron chi connectivity index (χ0n) is 10.6. The molecule has 0 aromatic carbocycles. The first-order valence-electron chi connectivity index (χ1n) is 6.28. The van der Waals surface area contributed by atoms with Gasteiger partial charge in [0.1, 0.15) is 0 Å². The molecule has 0 aliphatic carbocycles. The fraction of sp³-hybridized carbons (Fsp3) is 0.692. The molecule has 1 rings (SSSR count). The van der Waals surface area contributed by atoms with Crippen molar-refractivity contribution in [3.05, 3.63) is 21.9 Å². The second kappa shape index (κ2) is 7.05. The lowest BCUT2D eigenvalue weighted by molar-refractivity contribution is 0.337. The number of rotatable bonds is 7. The molecule has 3 heteroatoms. The van der Waals surface area contributed by atoms with Gasteiger partial charge < -0.3 is 0 Å². The quantitative estimate of drug-likeness (QED) is 0.567. The molecule has 0 aliphatic heterocycles. The minimum atomic E-state index is 0.415.